The number of aryl methyl sites for hydroxylation is 2. The van der Waals surface area contributed by atoms with E-state index in [2.05, 4.69) is 34.6 Å². The van der Waals surface area contributed by atoms with Gasteiger partial charge in [-0.25, -0.2) is 4.98 Å². The summed E-state index contributed by atoms with van der Waals surface area (Å²) >= 11 is 1.59. The van der Waals surface area contributed by atoms with Gasteiger partial charge in [-0.1, -0.05) is 24.3 Å². The van der Waals surface area contributed by atoms with Crippen molar-refractivity contribution in [3.05, 3.63) is 83.2 Å². The van der Waals surface area contributed by atoms with Gasteiger partial charge in [-0.3, -0.25) is 9.78 Å². The fourth-order valence-electron chi connectivity index (χ4n) is 4.01. The van der Waals surface area contributed by atoms with Crippen molar-refractivity contribution in [3.63, 3.8) is 0 Å². The Hall–Kier alpha value is -3.05. The number of nitrogens with zero attached hydrogens (tertiary/aromatic N) is 2. The van der Waals surface area contributed by atoms with E-state index in [0.717, 1.165) is 45.6 Å². The minimum absolute atomic E-state index is 0.0271. The molecule has 5 rings (SSSR count). The average molecular weight is 400 g/mol. The summed E-state index contributed by atoms with van der Waals surface area (Å²) < 4.78 is 1.01. The van der Waals surface area contributed by atoms with Crippen LogP contribution in [-0.2, 0) is 6.42 Å². The Labute approximate surface area is 173 Å². The van der Waals surface area contributed by atoms with Crippen LogP contribution >= 0.6 is 11.3 Å². The number of carbonyl (C=O) groups is 1. The third kappa shape index (κ3) is 3.54. The Balaban J connectivity index is 1.41. The first kappa shape index (κ1) is 18.0. The highest BCUT2D eigenvalue weighted by Gasteiger charge is 2.22. The van der Waals surface area contributed by atoms with Gasteiger partial charge in [0.2, 0.25) is 0 Å². The summed E-state index contributed by atoms with van der Waals surface area (Å²) in [4.78, 5) is 21.9. The fourth-order valence-corrected chi connectivity index (χ4v) is 4.99. The first-order valence-corrected chi connectivity index (χ1v) is 10.7. The Morgan fingerprint density at radius 2 is 2.03 bits per heavy atom. The van der Waals surface area contributed by atoms with Crippen LogP contribution in [0.1, 0.15) is 45.9 Å². The summed E-state index contributed by atoms with van der Waals surface area (Å²) in [6, 6.07) is 16.3. The van der Waals surface area contributed by atoms with Crippen LogP contribution in [-0.4, -0.2) is 15.9 Å². The van der Waals surface area contributed by atoms with E-state index in [-0.39, 0.29) is 11.9 Å². The minimum Gasteiger partial charge on any atom is -0.345 e. The van der Waals surface area contributed by atoms with Crippen LogP contribution in [0.5, 0.6) is 0 Å². The van der Waals surface area contributed by atoms with Gasteiger partial charge in [0.1, 0.15) is 5.01 Å². The van der Waals surface area contributed by atoms with Crippen molar-refractivity contribution in [2.45, 2.75) is 32.2 Å². The fraction of sp³-hybridized carbons (Fsp3) is 0.208. The Kier molecular flexibility index (Phi) is 4.60. The molecule has 1 atom stereocenters. The van der Waals surface area contributed by atoms with Gasteiger partial charge >= 0.3 is 0 Å². The number of carbonyl (C=O) groups excluding carboxylic acids is 1. The predicted molar refractivity (Wildman–Crippen MR) is 117 cm³/mol. The van der Waals surface area contributed by atoms with Crippen LogP contribution in [0, 0.1) is 6.92 Å². The molecule has 144 valence electrons. The SMILES string of the molecule is Cc1cncc(-c2nc3ccc(C(=O)N[C@H]4CCCc5ccccc54)cc3s2)c1. The molecule has 0 fully saturated rings. The molecule has 1 aliphatic carbocycles. The molecule has 1 aliphatic rings. The normalized spacial score (nSPS) is 15.8. The molecule has 1 amide bonds. The maximum Gasteiger partial charge on any atom is 0.251 e. The van der Waals surface area contributed by atoms with Crippen molar-refractivity contribution in [2.24, 2.45) is 0 Å². The van der Waals surface area contributed by atoms with Gasteiger partial charge in [-0.2, -0.15) is 0 Å². The lowest BCUT2D eigenvalue weighted by molar-refractivity contribution is 0.0933. The standard InChI is InChI=1S/C24H21N3OS/c1-15-11-18(14-25-13-15)24-27-21-10-9-17(12-22(21)29-24)23(28)26-20-8-4-6-16-5-2-3-7-19(16)20/h2-3,5,7,9-14,20H,4,6,8H2,1H3,(H,26,28)/t20-/m0/s1. The van der Waals surface area contributed by atoms with Crippen LogP contribution in [0.15, 0.2) is 60.9 Å². The molecule has 0 spiro atoms. The Bertz CT molecular complexity index is 1210. The molecule has 2 aromatic carbocycles. The highest BCUT2D eigenvalue weighted by molar-refractivity contribution is 7.21. The Morgan fingerprint density at radius 3 is 2.93 bits per heavy atom. The molecular formula is C24H21N3OS. The van der Waals surface area contributed by atoms with E-state index in [0.29, 0.717) is 5.56 Å². The quantitative estimate of drug-likeness (QED) is 0.497. The highest BCUT2D eigenvalue weighted by Crippen LogP contribution is 2.32. The smallest absolute Gasteiger partial charge is 0.251 e. The second-order valence-corrected chi connectivity index (χ2v) is 8.60. The number of fused-ring (bicyclic) bond motifs is 2. The zero-order valence-corrected chi connectivity index (χ0v) is 17.0. The third-order valence-corrected chi connectivity index (χ3v) is 6.51. The largest absolute Gasteiger partial charge is 0.345 e. The van der Waals surface area contributed by atoms with Crippen LogP contribution in [0.2, 0.25) is 0 Å². The number of hydrogen-bond acceptors (Lipinski definition) is 4. The van der Waals surface area contributed by atoms with Gasteiger partial charge in [0, 0.05) is 23.5 Å². The zero-order chi connectivity index (χ0) is 19.8. The summed E-state index contributed by atoms with van der Waals surface area (Å²) in [6.07, 6.45) is 6.84. The average Bonchev–Trinajstić information content (AvgIpc) is 3.17. The highest BCUT2D eigenvalue weighted by atomic mass is 32.1. The van der Waals surface area contributed by atoms with Crippen molar-refractivity contribution in [1.82, 2.24) is 15.3 Å². The van der Waals surface area contributed by atoms with Gasteiger partial charge in [0.15, 0.2) is 0 Å². The molecule has 29 heavy (non-hydrogen) atoms. The molecule has 2 aromatic heterocycles. The van der Waals surface area contributed by atoms with E-state index < -0.39 is 0 Å². The van der Waals surface area contributed by atoms with Crippen molar-refractivity contribution in [2.75, 3.05) is 0 Å². The van der Waals surface area contributed by atoms with Gasteiger partial charge in [-0.05, 0) is 67.1 Å². The number of nitrogens with one attached hydrogen (secondary N) is 1. The number of amides is 1. The summed E-state index contributed by atoms with van der Waals surface area (Å²) in [6.45, 7) is 2.02. The molecule has 4 nitrogen and oxygen atoms in total. The van der Waals surface area contributed by atoms with E-state index in [1.807, 2.05) is 43.6 Å². The molecular weight excluding hydrogens is 378 g/mol. The molecule has 0 saturated carbocycles. The summed E-state index contributed by atoms with van der Waals surface area (Å²) in [5.74, 6) is -0.0271. The molecule has 0 radical (unpaired) electrons. The first-order valence-electron chi connectivity index (χ1n) is 9.89. The summed E-state index contributed by atoms with van der Waals surface area (Å²) in [5, 5.41) is 4.16. The topological polar surface area (TPSA) is 54.9 Å². The maximum atomic E-state index is 13.0. The van der Waals surface area contributed by atoms with E-state index in [4.69, 9.17) is 4.98 Å². The maximum absolute atomic E-state index is 13.0. The molecule has 0 bridgehead atoms. The van der Waals surface area contributed by atoms with Crippen molar-refractivity contribution in [1.29, 1.82) is 0 Å². The second kappa shape index (κ2) is 7.41. The third-order valence-electron chi connectivity index (χ3n) is 5.45. The molecule has 4 aromatic rings. The van der Waals surface area contributed by atoms with E-state index in [1.165, 1.54) is 11.1 Å². The lowest BCUT2D eigenvalue weighted by Gasteiger charge is -2.26. The number of rotatable bonds is 3. The van der Waals surface area contributed by atoms with Crippen LogP contribution in [0.4, 0.5) is 0 Å². The lowest BCUT2D eigenvalue weighted by Crippen LogP contribution is -2.30. The second-order valence-electron chi connectivity index (χ2n) is 7.57. The predicted octanol–water partition coefficient (Wildman–Crippen LogP) is 5.47. The van der Waals surface area contributed by atoms with E-state index in [1.54, 1.807) is 11.3 Å². The van der Waals surface area contributed by atoms with E-state index in [9.17, 15) is 4.79 Å². The van der Waals surface area contributed by atoms with Crippen LogP contribution in [0.3, 0.4) is 0 Å². The molecule has 0 aliphatic heterocycles. The van der Waals surface area contributed by atoms with Gasteiger partial charge in [0.05, 0.1) is 16.3 Å². The molecule has 5 heteroatoms. The zero-order valence-electron chi connectivity index (χ0n) is 16.2. The van der Waals surface area contributed by atoms with Crippen LogP contribution in [0.25, 0.3) is 20.8 Å². The monoisotopic (exact) mass is 399 g/mol. The molecule has 1 N–H and O–H groups in total. The summed E-state index contributed by atoms with van der Waals surface area (Å²) in [7, 11) is 0. The minimum atomic E-state index is -0.0271. The molecule has 2 heterocycles. The number of pyridine rings is 1. The number of hydrogen-bond donors (Lipinski definition) is 1. The van der Waals surface area contributed by atoms with Gasteiger partial charge in [0.25, 0.3) is 5.91 Å². The van der Waals surface area contributed by atoms with Crippen LogP contribution < -0.4 is 5.32 Å². The number of aromatic nitrogens is 2. The van der Waals surface area contributed by atoms with E-state index >= 15 is 0 Å². The van der Waals surface area contributed by atoms with Gasteiger partial charge in [-0.15, -0.1) is 11.3 Å². The Morgan fingerprint density at radius 1 is 1.14 bits per heavy atom. The number of thiazole rings is 1. The lowest BCUT2D eigenvalue weighted by atomic mass is 9.87. The first-order chi connectivity index (χ1) is 14.2. The van der Waals surface area contributed by atoms with Crippen molar-refractivity contribution >= 4 is 27.5 Å². The van der Waals surface area contributed by atoms with Crippen molar-refractivity contribution < 1.29 is 4.79 Å². The molecule has 0 unspecified atom stereocenters. The summed E-state index contributed by atoms with van der Waals surface area (Å²) in [5.41, 5.74) is 6.30. The number of benzene rings is 2. The van der Waals surface area contributed by atoms with Crippen molar-refractivity contribution in [3.8, 4) is 10.6 Å². The molecule has 0 saturated heterocycles. The van der Waals surface area contributed by atoms with Gasteiger partial charge < -0.3 is 5.32 Å².